The first-order chi connectivity index (χ1) is 13.8. The van der Waals surface area contributed by atoms with Gasteiger partial charge < -0.3 is 9.88 Å². The number of amides is 1. The first-order valence-electron chi connectivity index (χ1n) is 9.41. The summed E-state index contributed by atoms with van der Waals surface area (Å²) in [7, 11) is -3.59. The van der Waals surface area contributed by atoms with Crippen LogP contribution in [0.15, 0.2) is 47.4 Å². The minimum atomic E-state index is -3.59. The van der Waals surface area contributed by atoms with Crippen LogP contribution in [-0.4, -0.2) is 54.7 Å². The number of piperazine rings is 1. The van der Waals surface area contributed by atoms with Gasteiger partial charge in [-0.05, 0) is 61.4 Å². The summed E-state index contributed by atoms with van der Waals surface area (Å²) in [4.78, 5) is 18.1. The average molecular weight is 432 g/mol. The van der Waals surface area contributed by atoms with Gasteiger partial charge in [0.05, 0.1) is 4.90 Å². The average Bonchev–Trinajstić information content (AvgIpc) is 3.12. The van der Waals surface area contributed by atoms with E-state index in [0.29, 0.717) is 23.8 Å². The molecule has 152 valence electrons. The lowest BCUT2D eigenvalue weighted by Crippen LogP contribution is -2.50. The standard InChI is InChI=1S/C21H22ClN3O3S/c1-14-11-15(2)18-13-20(23-19(18)12-14)21(26)24-7-9-25(10-8-24)29(27,28)17-5-3-16(22)4-6-17/h3-6,11-13,23H,7-10H2,1-2H3. The van der Waals surface area contributed by atoms with E-state index >= 15 is 0 Å². The molecule has 2 heterocycles. The number of H-pyrrole nitrogens is 1. The van der Waals surface area contributed by atoms with Crippen molar-refractivity contribution in [2.75, 3.05) is 26.2 Å². The third-order valence-electron chi connectivity index (χ3n) is 5.30. The summed E-state index contributed by atoms with van der Waals surface area (Å²) < 4.78 is 27.0. The van der Waals surface area contributed by atoms with Crippen LogP contribution in [0.5, 0.6) is 0 Å². The summed E-state index contributed by atoms with van der Waals surface area (Å²) in [5.74, 6) is -0.109. The Kier molecular flexibility index (Phi) is 5.14. The van der Waals surface area contributed by atoms with E-state index < -0.39 is 10.0 Å². The number of aryl methyl sites for hydroxylation is 2. The quantitative estimate of drug-likeness (QED) is 0.688. The van der Waals surface area contributed by atoms with Gasteiger partial charge in [0.1, 0.15) is 5.69 Å². The van der Waals surface area contributed by atoms with E-state index in [1.54, 1.807) is 17.0 Å². The van der Waals surface area contributed by atoms with Gasteiger partial charge in [-0.3, -0.25) is 4.79 Å². The van der Waals surface area contributed by atoms with Gasteiger partial charge in [-0.1, -0.05) is 17.7 Å². The van der Waals surface area contributed by atoms with Crippen LogP contribution in [0.2, 0.25) is 5.02 Å². The Morgan fingerprint density at radius 2 is 1.66 bits per heavy atom. The summed E-state index contributed by atoms with van der Waals surface area (Å²) in [6.45, 7) is 5.26. The first kappa shape index (κ1) is 19.9. The minimum Gasteiger partial charge on any atom is -0.351 e. The molecule has 29 heavy (non-hydrogen) atoms. The predicted molar refractivity (Wildman–Crippen MR) is 114 cm³/mol. The van der Waals surface area contributed by atoms with Crippen molar-refractivity contribution >= 4 is 38.4 Å². The molecule has 1 amide bonds. The van der Waals surface area contributed by atoms with Gasteiger partial charge in [-0.15, -0.1) is 0 Å². The minimum absolute atomic E-state index is 0.109. The van der Waals surface area contributed by atoms with Crippen LogP contribution in [-0.2, 0) is 10.0 Å². The lowest BCUT2D eigenvalue weighted by molar-refractivity contribution is 0.0693. The Morgan fingerprint density at radius 1 is 1.00 bits per heavy atom. The number of rotatable bonds is 3. The monoisotopic (exact) mass is 431 g/mol. The van der Waals surface area contributed by atoms with Crippen molar-refractivity contribution < 1.29 is 13.2 Å². The van der Waals surface area contributed by atoms with Crippen LogP contribution in [0.1, 0.15) is 21.6 Å². The Morgan fingerprint density at radius 3 is 2.31 bits per heavy atom. The largest absolute Gasteiger partial charge is 0.351 e. The van der Waals surface area contributed by atoms with Crippen molar-refractivity contribution in [3.05, 3.63) is 64.3 Å². The van der Waals surface area contributed by atoms with Gasteiger partial charge >= 0.3 is 0 Å². The van der Waals surface area contributed by atoms with Crippen molar-refractivity contribution in [3.63, 3.8) is 0 Å². The number of carbonyl (C=O) groups is 1. The number of nitrogens with one attached hydrogen (secondary N) is 1. The van der Waals surface area contributed by atoms with Crippen molar-refractivity contribution in [2.24, 2.45) is 0 Å². The maximum Gasteiger partial charge on any atom is 0.270 e. The van der Waals surface area contributed by atoms with Crippen LogP contribution < -0.4 is 0 Å². The van der Waals surface area contributed by atoms with Gasteiger partial charge in [0, 0.05) is 42.1 Å². The molecule has 0 radical (unpaired) electrons. The molecular formula is C21H22ClN3O3S. The number of nitrogens with zero attached hydrogens (tertiary/aromatic N) is 2. The predicted octanol–water partition coefficient (Wildman–Crippen LogP) is 3.58. The number of hydrogen-bond donors (Lipinski definition) is 1. The van der Waals surface area contributed by atoms with Gasteiger partial charge in [0.2, 0.25) is 10.0 Å². The molecule has 1 N–H and O–H groups in total. The SMILES string of the molecule is Cc1cc(C)c2cc(C(=O)N3CCN(S(=O)(=O)c4ccc(Cl)cc4)CC3)[nH]c2c1. The van der Waals surface area contributed by atoms with Gasteiger partial charge in [-0.25, -0.2) is 8.42 Å². The fourth-order valence-electron chi connectivity index (χ4n) is 3.77. The highest BCUT2D eigenvalue weighted by Gasteiger charge is 2.30. The van der Waals surface area contributed by atoms with E-state index in [1.165, 1.54) is 16.4 Å². The normalized spacial score (nSPS) is 15.8. The van der Waals surface area contributed by atoms with E-state index in [2.05, 4.69) is 11.1 Å². The molecule has 0 atom stereocenters. The molecule has 0 spiro atoms. The molecule has 6 nitrogen and oxygen atoms in total. The fourth-order valence-corrected chi connectivity index (χ4v) is 5.32. The van der Waals surface area contributed by atoms with Crippen molar-refractivity contribution in [3.8, 4) is 0 Å². The summed E-state index contributed by atoms with van der Waals surface area (Å²) in [5.41, 5.74) is 3.73. The smallest absolute Gasteiger partial charge is 0.270 e. The van der Waals surface area contributed by atoms with Crippen LogP contribution in [0.25, 0.3) is 10.9 Å². The van der Waals surface area contributed by atoms with Crippen molar-refractivity contribution in [1.29, 1.82) is 0 Å². The molecule has 1 aromatic heterocycles. The third-order valence-corrected chi connectivity index (χ3v) is 7.46. The zero-order valence-electron chi connectivity index (χ0n) is 16.3. The van der Waals surface area contributed by atoms with Gasteiger partial charge in [-0.2, -0.15) is 4.31 Å². The summed E-state index contributed by atoms with van der Waals surface area (Å²) in [5, 5.41) is 1.52. The molecule has 1 aliphatic heterocycles. The van der Waals surface area contributed by atoms with E-state index in [9.17, 15) is 13.2 Å². The molecule has 0 unspecified atom stereocenters. The number of sulfonamides is 1. The Hall–Kier alpha value is -2.35. The highest BCUT2D eigenvalue weighted by molar-refractivity contribution is 7.89. The molecule has 4 rings (SSSR count). The van der Waals surface area contributed by atoms with E-state index in [4.69, 9.17) is 11.6 Å². The zero-order valence-corrected chi connectivity index (χ0v) is 17.8. The van der Waals surface area contributed by atoms with Crippen LogP contribution in [0.3, 0.4) is 0 Å². The molecule has 1 fully saturated rings. The maximum atomic E-state index is 12.9. The second kappa shape index (κ2) is 7.48. The molecule has 1 aliphatic rings. The number of carbonyl (C=O) groups excluding carboxylic acids is 1. The number of fused-ring (bicyclic) bond motifs is 1. The van der Waals surface area contributed by atoms with Crippen molar-refractivity contribution in [2.45, 2.75) is 18.7 Å². The van der Waals surface area contributed by atoms with Crippen LogP contribution in [0.4, 0.5) is 0 Å². The molecule has 0 bridgehead atoms. The summed E-state index contributed by atoms with van der Waals surface area (Å²) in [6.07, 6.45) is 0. The fraction of sp³-hybridized carbons (Fsp3) is 0.286. The van der Waals surface area contributed by atoms with E-state index in [0.717, 1.165) is 22.0 Å². The lowest BCUT2D eigenvalue weighted by Gasteiger charge is -2.33. The van der Waals surface area contributed by atoms with Crippen LogP contribution in [0, 0.1) is 13.8 Å². The number of aromatic amines is 1. The van der Waals surface area contributed by atoms with E-state index in [1.807, 2.05) is 26.0 Å². The number of hydrogen-bond acceptors (Lipinski definition) is 3. The highest BCUT2D eigenvalue weighted by Crippen LogP contribution is 2.24. The molecule has 8 heteroatoms. The summed E-state index contributed by atoms with van der Waals surface area (Å²) >= 11 is 5.85. The molecule has 1 saturated heterocycles. The topological polar surface area (TPSA) is 73.5 Å². The second-order valence-corrected chi connectivity index (χ2v) is 9.75. The number of aromatic nitrogens is 1. The molecule has 2 aromatic carbocycles. The Labute approximate surface area is 175 Å². The third kappa shape index (κ3) is 3.77. The lowest BCUT2D eigenvalue weighted by atomic mass is 10.1. The summed E-state index contributed by atoms with van der Waals surface area (Å²) in [6, 6.07) is 12.1. The van der Waals surface area contributed by atoms with Crippen molar-refractivity contribution in [1.82, 2.24) is 14.2 Å². The van der Waals surface area contributed by atoms with Gasteiger partial charge in [0.15, 0.2) is 0 Å². The molecule has 0 aliphatic carbocycles. The molecular weight excluding hydrogens is 410 g/mol. The Balaban J connectivity index is 1.49. The molecule has 3 aromatic rings. The van der Waals surface area contributed by atoms with E-state index in [-0.39, 0.29) is 23.9 Å². The van der Waals surface area contributed by atoms with Crippen LogP contribution >= 0.6 is 11.6 Å². The zero-order chi connectivity index (χ0) is 20.8. The number of benzene rings is 2. The Bertz CT molecular complexity index is 1180. The first-order valence-corrected chi connectivity index (χ1v) is 11.2. The highest BCUT2D eigenvalue weighted by atomic mass is 35.5. The number of halogens is 1. The molecule has 0 saturated carbocycles. The maximum absolute atomic E-state index is 12.9. The second-order valence-electron chi connectivity index (χ2n) is 7.38. The van der Waals surface area contributed by atoms with Gasteiger partial charge in [0.25, 0.3) is 5.91 Å².